The minimum absolute atomic E-state index is 0.115. The number of nitrogens with one attached hydrogen (secondary N) is 1. The zero-order chi connectivity index (χ0) is 13.1. The minimum Gasteiger partial charge on any atom is -0.378 e. The van der Waals surface area contributed by atoms with E-state index in [2.05, 4.69) is 10.1 Å². The van der Waals surface area contributed by atoms with E-state index in [0.717, 1.165) is 24.0 Å². The maximum absolute atomic E-state index is 11.9. The van der Waals surface area contributed by atoms with Gasteiger partial charge in [-0.15, -0.1) is 0 Å². The number of para-hydroxylation sites is 1. The fraction of sp³-hybridized carbons (Fsp3) is 0.286. The number of H-pyrrole nitrogens is 1. The molecule has 0 spiro atoms. The molecule has 1 aliphatic rings. The van der Waals surface area contributed by atoms with Crippen molar-refractivity contribution in [1.82, 2.24) is 9.99 Å². The molecule has 2 aromatic rings. The van der Waals surface area contributed by atoms with Gasteiger partial charge in [0.1, 0.15) is 0 Å². The van der Waals surface area contributed by atoms with Gasteiger partial charge in [0.05, 0.1) is 38.1 Å². The van der Waals surface area contributed by atoms with Gasteiger partial charge in [0.25, 0.3) is 5.56 Å². The summed E-state index contributed by atoms with van der Waals surface area (Å²) in [4.78, 5) is 14.8. The molecule has 5 nitrogen and oxygen atoms in total. The number of ether oxygens (including phenoxy) is 1. The van der Waals surface area contributed by atoms with Gasteiger partial charge < -0.3 is 9.72 Å². The van der Waals surface area contributed by atoms with Gasteiger partial charge >= 0.3 is 0 Å². The maximum Gasteiger partial charge on any atom is 0.257 e. The van der Waals surface area contributed by atoms with Gasteiger partial charge in [0.15, 0.2) is 0 Å². The summed E-state index contributed by atoms with van der Waals surface area (Å²) in [5.74, 6) is 0. The third kappa shape index (κ3) is 2.66. The Morgan fingerprint density at radius 2 is 2.05 bits per heavy atom. The first-order chi connectivity index (χ1) is 9.33. The normalized spacial score (nSPS) is 16.3. The van der Waals surface area contributed by atoms with Crippen LogP contribution in [0.1, 0.15) is 5.56 Å². The van der Waals surface area contributed by atoms with E-state index in [-0.39, 0.29) is 5.56 Å². The molecule has 0 unspecified atom stereocenters. The highest BCUT2D eigenvalue weighted by Crippen LogP contribution is 2.09. The maximum atomic E-state index is 11.9. The number of nitrogens with zero attached hydrogens (tertiary/aromatic N) is 2. The van der Waals surface area contributed by atoms with E-state index in [9.17, 15) is 4.79 Å². The summed E-state index contributed by atoms with van der Waals surface area (Å²) in [5, 5.41) is 7.25. The molecular weight excluding hydrogens is 242 g/mol. The first-order valence-corrected chi connectivity index (χ1v) is 6.32. The van der Waals surface area contributed by atoms with Crippen molar-refractivity contribution in [2.24, 2.45) is 5.10 Å². The van der Waals surface area contributed by atoms with Gasteiger partial charge in [-0.1, -0.05) is 18.2 Å². The van der Waals surface area contributed by atoms with Crippen molar-refractivity contribution >= 4 is 17.1 Å². The standard InChI is InChI=1S/C14H15N3O2/c18-14-12(10-15-17-5-7-19-8-6-17)9-11-3-1-2-4-13(11)16-14/h1-4,9-10H,5-8H2,(H,16,18)/b15-10+. The summed E-state index contributed by atoms with van der Waals surface area (Å²) in [6, 6.07) is 9.57. The Bertz CT molecular complexity index is 657. The van der Waals surface area contributed by atoms with Crippen LogP contribution in [0.3, 0.4) is 0 Å². The van der Waals surface area contributed by atoms with Gasteiger partial charge in [-0.3, -0.25) is 9.80 Å². The fourth-order valence-corrected chi connectivity index (χ4v) is 2.07. The van der Waals surface area contributed by atoms with Crippen LogP contribution in [0.2, 0.25) is 0 Å². The van der Waals surface area contributed by atoms with Crippen LogP contribution in [0.15, 0.2) is 40.2 Å². The Labute approximate surface area is 110 Å². The number of aromatic amines is 1. The Balaban J connectivity index is 1.89. The summed E-state index contributed by atoms with van der Waals surface area (Å²) in [5.41, 5.74) is 1.30. The van der Waals surface area contributed by atoms with Crippen molar-refractivity contribution < 1.29 is 4.74 Å². The number of hydrazone groups is 1. The molecule has 0 saturated carbocycles. The third-order valence-electron chi connectivity index (χ3n) is 3.13. The predicted molar refractivity (Wildman–Crippen MR) is 74.6 cm³/mol. The van der Waals surface area contributed by atoms with Crippen LogP contribution < -0.4 is 5.56 Å². The van der Waals surface area contributed by atoms with Crippen LogP contribution in [-0.4, -0.2) is 42.5 Å². The summed E-state index contributed by atoms with van der Waals surface area (Å²) in [7, 11) is 0. The quantitative estimate of drug-likeness (QED) is 0.822. The zero-order valence-electron chi connectivity index (χ0n) is 10.5. The molecule has 0 amide bonds. The number of rotatable bonds is 2. The van der Waals surface area contributed by atoms with Crippen LogP contribution in [0, 0.1) is 0 Å². The Morgan fingerprint density at radius 1 is 1.26 bits per heavy atom. The van der Waals surface area contributed by atoms with E-state index in [1.807, 2.05) is 35.3 Å². The van der Waals surface area contributed by atoms with Crippen LogP contribution in [0.5, 0.6) is 0 Å². The smallest absolute Gasteiger partial charge is 0.257 e. The molecule has 1 saturated heterocycles. The fourth-order valence-electron chi connectivity index (χ4n) is 2.07. The summed E-state index contributed by atoms with van der Waals surface area (Å²) >= 11 is 0. The molecule has 0 bridgehead atoms. The molecule has 98 valence electrons. The van der Waals surface area contributed by atoms with Crippen molar-refractivity contribution in [3.8, 4) is 0 Å². The SMILES string of the molecule is O=c1[nH]c2ccccc2cc1/C=N/N1CCOCC1. The number of benzene rings is 1. The average Bonchev–Trinajstić information content (AvgIpc) is 2.46. The van der Waals surface area contributed by atoms with Crippen LogP contribution in [0.4, 0.5) is 0 Å². The van der Waals surface area contributed by atoms with Crippen molar-refractivity contribution in [1.29, 1.82) is 0 Å². The largest absolute Gasteiger partial charge is 0.378 e. The Kier molecular flexibility index (Phi) is 3.29. The molecule has 3 rings (SSSR count). The lowest BCUT2D eigenvalue weighted by Gasteiger charge is -2.23. The Hall–Kier alpha value is -2.14. The molecule has 1 aromatic carbocycles. The molecule has 1 N–H and O–H groups in total. The summed E-state index contributed by atoms with van der Waals surface area (Å²) in [6.07, 6.45) is 1.62. The van der Waals surface area contributed by atoms with Gasteiger partial charge in [0.2, 0.25) is 0 Å². The third-order valence-corrected chi connectivity index (χ3v) is 3.13. The van der Waals surface area contributed by atoms with Gasteiger partial charge in [-0.2, -0.15) is 5.10 Å². The Morgan fingerprint density at radius 3 is 2.89 bits per heavy atom. The van der Waals surface area contributed by atoms with Crippen molar-refractivity contribution in [2.45, 2.75) is 0 Å². The molecule has 0 radical (unpaired) electrons. The molecule has 2 heterocycles. The molecule has 1 aliphatic heterocycles. The van der Waals surface area contributed by atoms with E-state index >= 15 is 0 Å². The second kappa shape index (κ2) is 5.24. The first kappa shape index (κ1) is 11.9. The summed E-state index contributed by atoms with van der Waals surface area (Å²) < 4.78 is 5.25. The number of fused-ring (bicyclic) bond motifs is 1. The predicted octanol–water partition coefficient (Wildman–Crippen LogP) is 1.19. The minimum atomic E-state index is -0.115. The lowest BCUT2D eigenvalue weighted by Crippen LogP contribution is -2.32. The second-order valence-corrected chi connectivity index (χ2v) is 4.45. The monoisotopic (exact) mass is 257 g/mol. The number of pyridine rings is 1. The van der Waals surface area contributed by atoms with Gasteiger partial charge in [0, 0.05) is 5.52 Å². The lowest BCUT2D eigenvalue weighted by atomic mass is 10.2. The zero-order valence-corrected chi connectivity index (χ0v) is 10.5. The number of hydrogen-bond donors (Lipinski definition) is 1. The topological polar surface area (TPSA) is 57.7 Å². The molecule has 1 aromatic heterocycles. The van der Waals surface area contributed by atoms with Gasteiger partial charge in [-0.25, -0.2) is 0 Å². The molecule has 1 fully saturated rings. The molecule has 19 heavy (non-hydrogen) atoms. The molecular formula is C14H15N3O2. The van der Waals surface area contributed by atoms with Crippen molar-refractivity contribution in [3.63, 3.8) is 0 Å². The molecule has 0 atom stereocenters. The highest BCUT2D eigenvalue weighted by Gasteiger charge is 2.07. The first-order valence-electron chi connectivity index (χ1n) is 6.32. The van der Waals surface area contributed by atoms with E-state index in [4.69, 9.17) is 4.74 Å². The van der Waals surface area contributed by atoms with Crippen LogP contribution in [-0.2, 0) is 4.74 Å². The van der Waals surface area contributed by atoms with Crippen molar-refractivity contribution in [3.05, 3.63) is 46.2 Å². The lowest BCUT2D eigenvalue weighted by molar-refractivity contribution is 0.0397. The molecule has 5 heteroatoms. The van der Waals surface area contributed by atoms with Crippen LogP contribution in [0.25, 0.3) is 10.9 Å². The number of morpholine rings is 1. The van der Waals surface area contributed by atoms with E-state index in [1.165, 1.54) is 0 Å². The summed E-state index contributed by atoms with van der Waals surface area (Å²) in [6.45, 7) is 2.90. The van der Waals surface area contributed by atoms with Gasteiger partial charge in [-0.05, 0) is 17.5 Å². The number of aromatic nitrogens is 1. The second-order valence-electron chi connectivity index (χ2n) is 4.45. The van der Waals surface area contributed by atoms with E-state index < -0.39 is 0 Å². The van der Waals surface area contributed by atoms with Crippen molar-refractivity contribution in [2.75, 3.05) is 26.3 Å². The number of hydrogen-bond acceptors (Lipinski definition) is 4. The highest BCUT2D eigenvalue weighted by atomic mass is 16.5. The van der Waals surface area contributed by atoms with Crippen LogP contribution >= 0.6 is 0 Å². The molecule has 0 aliphatic carbocycles. The van der Waals surface area contributed by atoms with E-state index in [1.54, 1.807) is 6.21 Å². The highest BCUT2D eigenvalue weighted by molar-refractivity contribution is 5.87. The van der Waals surface area contributed by atoms with E-state index in [0.29, 0.717) is 18.8 Å². The average molecular weight is 257 g/mol.